The van der Waals surface area contributed by atoms with Crippen LogP contribution in [0.5, 0.6) is 0 Å². The molecular weight excluding hydrogens is 172 g/mol. The van der Waals surface area contributed by atoms with Crippen LogP contribution in [0.15, 0.2) is 12.4 Å². The van der Waals surface area contributed by atoms with E-state index in [1.807, 2.05) is 10.9 Å². The van der Waals surface area contributed by atoms with Crippen molar-refractivity contribution >= 4 is 11.6 Å². The Kier molecular flexibility index (Phi) is 2.35. The monoisotopic (exact) mass is 184 g/mol. The quantitative estimate of drug-likeness (QED) is 0.656. The first-order valence-electron chi connectivity index (χ1n) is 4.56. The van der Waals surface area contributed by atoms with Crippen molar-refractivity contribution in [3.05, 3.63) is 17.4 Å². The van der Waals surface area contributed by atoms with Gasteiger partial charge in [-0.1, -0.05) is 30.9 Å². The summed E-state index contributed by atoms with van der Waals surface area (Å²) in [6.45, 7) is 0. The first kappa shape index (κ1) is 8.11. The van der Waals surface area contributed by atoms with Gasteiger partial charge >= 0.3 is 0 Å². The fraction of sp³-hybridized carbons (Fsp3) is 0.667. The highest BCUT2D eigenvalue weighted by atomic mass is 35.5. The van der Waals surface area contributed by atoms with E-state index in [2.05, 4.69) is 5.10 Å². The lowest BCUT2D eigenvalue weighted by Crippen LogP contribution is -2.12. The molecule has 1 aliphatic carbocycles. The smallest absolute Gasteiger partial charge is 0.0785 e. The van der Waals surface area contributed by atoms with E-state index >= 15 is 0 Å². The van der Waals surface area contributed by atoms with Crippen LogP contribution in [0.3, 0.4) is 0 Å². The standard InChI is InChI=1S/C9H13ClN2/c10-8-6-11-12(7-8)9-4-2-1-3-5-9/h6-7,9H,1-5H2. The van der Waals surface area contributed by atoms with E-state index < -0.39 is 0 Å². The summed E-state index contributed by atoms with van der Waals surface area (Å²) in [6.07, 6.45) is 10.2. The second-order valence-corrected chi connectivity index (χ2v) is 3.87. The fourth-order valence-corrected chi connectivity index (χ4v) is 2.00. The van der Waals surface area contributed by atoms with Crippen LogP contribution in [0.25, 0.3) is 0 Å². The van der Waals surface area contributed by atoms with E-state index in [1.165, 1.54) is 32.1 Å². The molecule has 0 amide bonds. The van der Waals surface area contributed by atoms with Crippen LogP contribution < -0.4 is 0 Å². The van der Waals surface area contributed by atoms with Gasteiger partial charge in [0.05, 0.1) is 17.3 Å². The largest absolute Gasteiger partial charge is 0.268 e. The Labute approximate surface area is 77.5 Å². The Morgan fingerprint density at radius 3 is 2.67 bits per heavy atom. The van der Waals surface area contributed by atoms with Crippen molar-refractivity contribution in [2.75, 3.05) is 0 Å². The maximum Gasteiger partial charge on any atom is 0.0785 e. The molecule has 0 aliphatic heterocycles. The molecule has 0 atom stereocenters. The molecule has 0 spiro atoms. The van der Waals surface area contributed by atoms with E-state index in [1.54, 1.807) is 6.20 Å². The highest BCUT2D eigenvalue weighted by Crippen LogP contribution is 2.27. The van der Waals surface area contributed by atoms with Crippen molar-refractivity contribution in [1.29, 1.82) is 0 Å². The Balaban J connectivity index is 2.08. The van der Waals surface area contributed by atoms with E-state index in [-0.39, 0.29) is 0 Å². The molecule has 0 saturated heterocycles. The second kappa shape index (κ2) is 3.48. The number of aromatic nitrogens is 2. The SMILES string of the molecule is Clc1cnn(C2CCCCC2)c1. The van der Waals surface area contributed by atoms with Gasteiger partial charge in [-0.2, -0.15) is 5.10 Å². The normalized spacial score (nSPS) is 19.8. The third kappa shape index (κ3) is 1.63. The van der Waals surface area contributed by atoms with Gasteiger partial charge in [0.2, 0.25) is 0 Å². The van der Waals surface area contributed by atoms with Gasteiger partial charge in [0, 0.05) is 6.20 Å². The highest BCUT2D eigenvalue weighted by molar-refractivity contribution is 6.30. The number of halogens is 1. The van der Waals surface area contributed by atoms with Gasteiger partial charge in [0.15, 0.2) is 0 Å². The second-order valence-electron chi connectivity index (χ2n) is 3.43. The van der Waals surface area contributed by atoms with Crippen LogP contribution in [0.2, 0.25) is 5.02 Å². The minimum absolute atomic E-state index is 0.603. The molecule has 1 aliphatic rings. The van der Waals surface area contributed by atoms with Crippen molar-refractivity contribution in [2.24, 2.45) is 0 Å². The Morgan fingerprint density at radius 1 is 1.33 bits per heavy atom. The van der Waals surface area contributed by atoms with Crippen LogP contribution in [-0.2, 0) is 0 Å². The molecule has 2 nitrogen and oxygen atoms in total. The lowest BCUT2D eigenvalue weighted by Gasteiger charge is -2.21. The van der Waals surface area contributed by atoms with E-state index in [4.69, 9.17) is 11.6 Å². The molecule has 0 N–H and O–H groups in total. The molecule has 1 heterocycles. The number of hydrogen-bond donors (Lipinski definition) is 0. The minimum Gasteiger partial charge on any atom is -0.268 e. The molecule has 0 aromatic carbocycles. The van der Waals surface area contributed by atoms with Gasteiger partial charge in [0.25, 0.3) is 0 Å². The van der Waals surface area contributed by atoms with Gasteiger partial charge in [-0.25, -0.2) is 0 Å². The molecule has 0 unspecified atom stereocenters. The molecule has 2 rings (SSSR count). The zero-order valence-electron chi connectivity index (χ0n) is 7.04. The molecule has 12 heavy (non-hydrogen) atoms. The summed E-state index contributed by atoms with van der Waals surface area (Å²) in [7, 11) is 0. The Hall–Kier alpha value is -0.500. The van der Waals surface area contributed by atoms with Gasteiger partial charge < -0.3 is 0 Å². The average molecular weight is 185 g/mol. The number of hydrogen-bond acceptors (Lipinski definition) is 1. The summed E-state index contributed by atoms with van der Waals surface area (Å²) >= 11 is 5.80. The highest BCUT2D eigenvalue weighted by Gasteiger charge is 2.15. The van der Waals surface area contributed by atoms with Crippen LogP contribution in [0.1, 0.15) is 38.1 Å². The summed E-state index contributed by atoms with van der Waals surface area (Å²) < 4.78 is 2.02. The topological polar surface area (TPSA) is 17.8 Å². The first-order valence-corrected chi connectivity index (χ1v) is 4.94. The third-order valence-corrected chi connectivity index (χ3v) is 2.71. The van der Waals surface area contributed by atoms with Crippen molar-refractivity contribution in [3.63, 3.8) is 0 Å². The van der Waals surface area contributed by atoms with Crippen molar-refractivity contribution in [1.82, 2.24) is 9.78 Å². The lowest BCUT2D eigenvalue weighted by atomic mass is 9.96. The predicted molar refractivity (Wildman–Crippen MR) is 49.4 cm³/mol. The van der Waals surface area contributed by atoms with Gasteiger partial charge in [-0.3, -0.25) is 4.68 Å². The zero-order valence-corrected chi connectivity index (χ0v) is 7.80. The molecule has 1 aromatic heterocycles. The van der Waals surface area contributed by atoms with Gasteiger partial charge in [-0.05, 0) is 12.8 Å². The maximum atomic E-state index is 5.80. The molecular formula is C9H13ClN2. The van der Waals surface area contributed by atoms with E-state index in [0.717, 1.165) is 5.02 Å². The van der Waals surface area contributed by atoms with Crippen LogP contribution in [-0.4, -0.2) is 9.78 Å². The van der Waals surface area contributed by atoms with Crippen LogP contribution in [0.4, 0.5) is 0 Å². The molecule has 1 aromatic rings. The van der Waals surface area contributed by atoms with Crippen LogP contribution in [0, 0.1) is 0 Å². The summed E-state index contributed by atoms with van der Waals surface area (Å²) in [5.41, 5.74) is 0. The molecule has 0 bridgehead atoms. The summed E-state index contributed by atoms with van der Waals surface area (Å²) in [5.74, 6) is 0. The maximum absolute atomic E-state index is 5.80. The molecule has 1 fully saturated rings. The molecule has 66 valence electrons. The predicted octanol–water partition coefficient (Wildman–Crippen LogP) is 3.04. The van der Waals surface area contributed by atoms with Gasteiger partial charge in [0.1, 0.15) is 0 Å². The first-order chi connectivity index (χ1) is 5.86. The minimum atomic E-state index is 0.603. The average Bonchev–Trinajstić information content (AvgIpc) is 2.54. The summed E-state index contributed by atoms with van der Waals surface area (Å²) in [5, 5.41) is 4.97. The van der Waals surface area contributed by atoms with Crippen LogP contribution >= 0.6 is 11.6 Å². The summed E-state index contributed by atoms with van der Waals surface area (Å²) in [6, 6.07) is 0.603. The van der Waals surface area contributed by atoms with Gasteiger partial charge in [-0.15, -0.1) is 0 Å². The zero-order chi connectivity index (χ0) is 8.39. The number of rotatable bonds is 1. The van der Waals surface area contributed by atoms with E-state index in [0.29, 0.717) is 6.04 Å². The summed E-state index contributed by atoms with van der Waals surface area (Å²) in [4.78, 5) is 0. The molecule has 1 saturated carbocycles. The molecule has 3 heteroatoms. The lowest BCUT2D eigenvalue weighted by molar-refractivity contribution is 0.329. The van der Waals surface area contributed by atoms with E-state index in [9.17, 15) is 0 Å². The third-order valence-electron chi connectivity index (χ3n) is 2.52. The Bertz CT molecular complexity index is 251. The van der Waals surface area contributed by atoms with Crippen molar-refractivity contribution in [3.8, 4) is 0 Å². The number of nitrogens with zero attached hydrogens (tertiary/aromatic N) is 2. The van der Waals surface area contributed by atoms with Crippen molar-refractivity contribution < 1.29 is 0 Å². The molecule has 0 radical (unpaired) electrons. The fourth-order valence-electron chi connectivity index (χ4n) is 1.86. The van der Waals surface area contributed by atoms with Crippen molar-refractivity contribution in [2.45, 2.75) is 38.1 Å². The Morgan fingerprint density at radius 2 is 2.08 bits per heavy atom.